The second-order valence-electron chi connectivity index (χ2n) is 13.3. The number of ketones is 1. The molecule has 0 N–H and O–H groups in total. The van der Waals surface area contributed by atoms with E-state index in [4.69, 9.17) is 33.1 Å². The van der Waals surface area contributed by atoms with E-state index in [1.807, 2.05) is 44.2 Å². The molecule has 3 rings (SSSR count). The normalized spacial score (nSPS) is 12.7. The van der Waals surface area contributed by atoms with Crippen LogP contribution >= 0.6 is 12.2 Å². The Morgan fingerprint density at radius 2 is 1.73 bits per heavy atom. The number of allylic oxidation sites excluding steroid dienone is 1. The van der Waals surface area contributed by atoms with Gasteiger partial charge in [0.25, 0.3) is 0 Å². The van der Waals surface area contributed by atoms with Gasteiger partial charge in [-0.15, -0.1) is 4.33 Å². The van der Waals surface area contributed by atoms with Crippen LogP contribution in [0.25, 0.3) is 17.3 Å². The van der Waals surface area contributed by atoms with Crippen molar-refractivity contribution >= 4 is 44.3 Å². The maximum atomic E-state index is 14.7. The number of methoxy groups -OCH3 is 1. The molecule has 1 atom stereocenters. The SMILES string of the molecule is COOSN(C)c1nc(-c2ccc(F)cc2OCc2ccccc2)c(/C=C/C(=O)C[C@H](CC(=O)OC)O[Si](C)(C)C(C)(C)C)c(C(C)C)n1. The van der Waals surface area contributed by atoms with E-state index in [9.17, 15) is 14.0 Å². The molecule has 0 saturated heterocycles. The van der Waals surface area contributed by atoms with Crippen molar-refractivity contribution < 1.29 is 37.1 Å². The summed E-state index contributed by atoms with van der Waals surface area (Å²) >= 11 is 0.886. The molecule has 1 heterocycles. The molecule has 0 saturated carbocycles. The molecule has 0 fully saturated rings. The highest BCUT2D eigenvalue weighted by molar-refractivity contribution is 7.95. The van der Waals surface area contributed by atoms with Crippen LogP contribution in [0, 0.1) is 5.82 Å². The molecule has 266 valence electrons. The van der Waals surface area contributed by atoms with Gasteiger partial charge in [0.1, 0.15) is 18.2 Å². The first-order valence-corrected chi connectivity index (χ1v) is 19.6. The standard InChI is InChI=1S/C36H48FN3O7SSi/c1-24(2)33-30(19-17-27(41)21-28(22-32(42)43-7)46-49(9,10)36(3,4)5)34(39-35(38-33)40(6)48-47-44-8)29-18-16-26(37)20-31(29)45-23-25-14-12-11-13-15-25/h11-20,24,28H,21-23H2,1-10H3/b19-17+/t28-/m1/s1. The van der Waals surface area contributed by atoms with E-state index in [2.05, 4.69) is 33.9 Å². The number of halogens is 1. The third-order valence-electron chi connectivity index (χ3n) is 8.19. The number of rotatable bonds is 17. The Bertz CT molecular complexity index is 1600. The number of hydrogen-bond donors (Lipinski definition) is 0. The van der Waals surface area contributed by atoms with Gasteiger partial charge >= 0.3 is 5.97 Å². The molecule has 0 aliphatic rings. The lowest BCUT2D eigenvalue weighted by atomic mass is 9.97. The van der Waals surface area contributed by atoms with Gasteiger partial charge in [0.15, 0.2) is 26.3 Å². The Labute approximate surface area is 294 Å². The lowest BCUT2D eigenvalue weighted by molar-refractivity contribution is -0.160. The van der Waals surface area contributed by atoms with Crippen LogP contribution in [0.1, 0.15) is 70.2 Å². The van der Waals surface area contributed by atoms with Gasteiger partial charge in [-0.3, -0.25) is 13.9 Å². The van der Waals surface area contributed by atoms with E-state index in [0.717, 1.165) is 17.8 Å². The third kappa shape index (κ3) is 11.5. The van der Waals surface area contributed by atoms with Crippen LogP contribution in [-0.4, -0.2) is 57.4 Å². The van der Waals surface area contributed by atoms with Gasteiger partial charge in [0, 0.05) is 30.7 Å². The predicted molar refractivity (Wildman–Crippen MR) is 194 cm³/mol. The molecule has 49 heavy (non-hydrogen) atoms. The number of benzene rings is 2. The second-order valence-corrected chi connectivity index (χ2v) is 18.9. The Kier molecular flexibility index (Phi) is 14.5. The zero-order valence-electron chi connectivity index (χ0n) is 30.0. The van der Waals surface area contributed by atoms with Crippen molar-refractivity contribution in [1.82, 2.24) is 9.97 Å². The Balaban J connectivity index is 2.12. The zero-order chi connectivity index (χ0) is 36.4. The van der Waals surface area contributed by atoms with Crippen LogP contribution in [0.2, 0.25) is 18.1 Å². The van der Waals surface area contributed by atoms with Crippen LogP contribution in [-0.2, 0) is 34.6 Å². The fourth-order valence-electron chi connectivity index (χ4n) is 4.57. The number of nitrogens with zero attached hydrogens (tertiary/aromatic N) is 3. The summed E-state index contributed by atoms with van der Waals surface area (Å²) in [4.78, 5) is 40.3. The average molecular weight is 714 g/mol. The van der Waals surface area contributed by atoms with Crippen LogP contribution in [0.15, 0.2) is 54.6 Å². The predicted octanol–water partition coefficient (Wildman–Crippen LogP) is 8.49. The van der Waals surface area contributed by atoms with Crippen molar-refractivity contribution in [2.24, 2.45) is 0 Å². The molecular formula is C36H48FN3O7SSi. The summed E-state index contributed by atoms with van der Waals surface area (Å²) in [5, 5.41) is -0.129. The van der Waals surface area contributed by atoms with E-state index in [0.29, 0.717) is 28.5 Å². The van der Waals surface area contributed by atoms with E-state index < -0.39 is 26.2 Å². The lowest BCUT2D eigenvalue weighted by Crippen LogP contribution is -2.44. The van der Waals surface area contributed by atoms with Crippen LogP contribution < -0.4 is 9.04 Å². The minimum atomic E-state index is -2.32. The van der Waals surface area contributed by atoms with Crippen molar-refractivity contribution in [2.75, 3.05) is 25.6 Å². The second kappa shape index (κ2) is 17.9. The Morgan fingerprint density at radius 3 is 2.35 bits per heavy atom. The third-order valence-corrected chi connectivity index (χ3v) is 13.3. The number of hydrogen-bond acceptors (Lipinski definition) is 11. The van der Waals surface area contributed by atoms with Gasteiger partial charge in [0.2, 0.25) is 5.95 Å². The molecule has 0 unspecified atom stereocenters. The van der Waals surface area contributed by atoms with Gasteiger partial charge in [-0.2, -0.15) is 0 Å². The molecule has 0 radical (unpaired) electrons. The number of aromatic nitrogens is 2. The molecular weight excluding hydrogens is 666 g/mol. The monoisotopic (exact) mass is 713 g/mol. The smallest absolute Gasteiger partial charge is 0.308 e. The molecule has 1 aromatic heterocycles. The van der Waals surface area contributed by atoms with E-state index in [1.54, 1.807) is 23.5 Å². The summed E-state index contributed by atoms with van der Waals surface area (Å²) in [5.74, 6) is -0.722. The van der Waals surface area contributed by atoms with Crippen molar-refractivity contribution in [1.29, 1.82) is 0 Å². The number of esters is 1. The Hall–Kier alpha value is -3.62. The van der Waals surface area contributed by atoms with Crippen molar-refractivity contribution in [2.45, 2.75) is 84.2 Å². The fraction of sp³-hybridized carbons (Fsp3) is 0.444. The lowest BCUT2D eigenvalue weighted by Gasteiger charge is -2.39. The summed E-state index contributed by atoms with van der Waals surface area (Å²) in [7, 11) is 2.10. The summed E-state index contributed by atoms with van der Waals surface area (Å²) in [5.41, 5.74) is 3.03. The largest absolute Gasteiger partial charge is 0.488 e. The fourth-order valence-corrected chi connectivity index (χ4v) is 6.22. The van der Waals surface area contributed by atoms with Crippen LogP contribution in [0.3, 0.4) is 0 Å². The van der Waals surface area contributed by atoms with E-state index >= 15 is 0 Å². The molecule has 3 aromatic rings. The minimum Gasteiger partial charge on any atom is -0.488 e. The topological polar surface area (TPSA) is 109 Å². The maximum Gasteiger partial charge on any atom is 0.308 e. The quantitative estimate of drug-likeness (QED) is 0.0256. The Morgan fingerprint density at radius 1 is 1.04 bits per heavy atom. The number of ether oxygens (including phenoxy) is 2. The van der Waals surface area contributed by atoms with Crippen molar-refractivity contribution in [3.63, 3.8) is 0 Å². The summed E-state index contributed by atoms with van der Waals surface area (Å²) in [6, 6.07) is 13.8. The zero-order valence-corrected chi connectivity index (χ0v) is 31.9. The van der Waals surface area contributed by atoms with Crippen molar-refractivity contribution in [3.05, 3.63) is 77.2 Å². The van der Waals surface area contributed by atoms with Gasteiger partial charge < -0.3 is 13.9 Å². The first-order chi connectivity index (χ1) is 23.1. The molecule has 10 nitrogen and oxygen atoms in total. The molecule has 0 amide bonds. The molecule has 0 aliphatic carbocycles. The molecule has 0 aliphatic heterocycles. The maximum absolute atomic E-state index is 14.7. The number of anilines is 1. The molecule has 0 spiro atoms. The first kappa shape index (κ1) is 39.8. The highest BCUT2D eigenvalue weighted by Crippen LogP contribution is 2.39. The summed E-state index contributed by atoms with van der Waals surface area (Å²) < 4.78 is 38.9. The summed E-state index contributed by atoms with van der Waals surface area (Å²) in [6.45, 7) is 14.6. The molecule has 13 heteroatoms. The van der Waals surface area contributed by atoms with Crippen LogP contribution in [0.4, 0.5) is 10.3 Å². The molecule has 2 aromatic carbocycles. The molecule has 0 bridgehead atoms. The van der Waals surface area contributed by atoms with Crippen molar-refractivity contribution in [3.8, 4) is 17.0 Å². The average Bonchev–Trinajstić information content (AvgIpc) is 3.04. The van der Waals surface area contributed by atoms with Gasteiger partial charge in [-0.1, -0.05) is 65.0 Å². The van der Waals surface area contributed by atoms with E-state index in [1.165, 1.54) is 32.4 Å². The number of carbonyl (C=O) groups is 2. The minimum absolute atomic E-state index is 0.0287. The first-order valence-electron chi connectivity index (χ1n) is 16.0. The van der Waals surface area contributed by atoms with E-state index in [-0.39, 0.29) is 41.9 Å². The van der Waals surface area contributed by atoms with Crippen LogP contribution in [0.5, 0.6) is 5.75 Å². The van der Waals surface area contributed by atoms with Gasteiger partial charge in [0.05, 0.1) is 38.1 Å². The highest BCUT2D eigenvalue weighted by Gasteiger charge is 2.40. The van der Waals surface area contributed by atoms with Gasteiger partial charge in [-0.05, 0) is 53.9 Å². The highest BCUT2D eigenvalue weighted by atomic mass is 32.2. The number of carbonyl (C=O) groups excluding carboxylic acids is 2. The van der Waals surface area contributed by atoms with Gasteiger partial charge in [-0.25, -0.2) is 19.2 Å². The summed E-state index contributed by atoms with van der Waals surface area (Å²) in [6.07, 6.45) is 2.39.